The number of rotatable bonds is 6. The molecule has 1 unspecified atom stereocenters. The van der Waals surface area contributed by atoms with Crippen molar-refractivity contribution in [1.29, 1.82) is 0 Å². The first-order valence-electron chi connectivity index (χ1n) is 7.75. The van der Waals surface area contributed by atoms with Crippen molar-refractivity contribution in [2.45, 2.75) is 39.7 Å². The smallest absolute Gasteiger partial charge is 0.265 e. The van der Waals surface area contributed by atoms with Gasteiger partial charge >= 0.3 is 0 Å². The maximum atomic E-state index is 12.3. The lowest BCUT2D eigenvalue weighted by atomic mass is 10.1. The number of hydrogen-bond donors (Lipinski definition) is 1. The van der Waals surface area contributed by atoms with E-state index in [1.54, 1.807) is 0 Å². The molecule has 2 aromatic rings. The van der Waals surface area contributed by atoms with Crippen LogP contribution in [0.15, 0.2) is 48.5 Å². The van der Waals surface area contributed by atoms with Crippen molar-refractivity contribution in [3.05, 3.63) is 59.7 Å². The third kappa shape index (κ3) is 4.35. The van der Waals surface area contributed by atoms with Crippen LogP contribution in [0.3, 0.4) is 0 Å². The van der Waals surface area contributed by atoms with Crippen molar-refractivity contribution >= 4 is 11.6 Å². The Labute approximate surface area is 132 Å². The number of nitrogens with one attached hydrogen (secondary N) is 1. The fraction of sp³-hybridized carbons (Fsp3) is 0.316. The zero-order chi connectivity index (χ0) is 15.9. The van der Waals surface area contributed by atoms with Crippen LogP contribution in [0, 0.1) is 6.92 Å². The van der Waals surface area contributed by atoms with Gasteiger partial charge in [0.15, 0.2) is 6.10 Å². The van der Waals surface area contributed by atoms with E-state index in [9.17, 15) is 4.79 Å². The van der Waals surface area contributed by atoms with E-state index in [0.717, 1.165) is 12.1 Å². The van der Waals surface area contributed by atoms with Crippen molar-refractivity contribution in [3.63, 3.8) is 0 Å². The summed E-state index contributed by atoms with van der Waals surface area (Å²) < 4.78 is 5.79. The van der Waals surface area contributed by atoms with Crippen LogP contribution in [0.5, 0.6) is 5.75 Å². The van der Waals surface area contributed by atoms with Crippen LogP contribution in [-0.2, 0) is 11.2 Å². The van der Waals surface area contributed by atoms with E-state index in [1.165, 1.54) is 11.1 Å². The fourth-order valence-corrected chi connectivity index (χ4v) is 2.15. The number of benzene rings is 2. The molecule has 2 rings (SSSR count). The molecule has 0 aromatic heterocycles. The predicted molar refractivity (Wildman–Crippen MR) is 90.3 cm³/mol. The van der Waals surface area contributed by atoms with Gasteiger partial charge in [0.2, 0.25) is 0 Å². The van der Waals surface area contributed by atoms with Crippen LogP contribution in [0.2, 0.25) is 0 Å². The maximum absolute atomic E-state index is 12.3. The number of hydrogen-bond acceptors (Lipinski definition) is 2. The van der Waals surface area contributed by atoms with Gasteiger partial charge in [-0.15, -0.1) is 0 Å². The van der Waals surface area contributed by atoms with E-state index < -0.39 is 6.10 Å². The molecular weight excluding hydrogens is 274 g/mol. The molecule has 1 N–H and O–H groups in total. The molecular formula is C19H23NO2. The Morgan fingerprint density at radius 2 is 1.68 bits per heavy atom. The lowest BCUT2D eigenvalue weighted by Crippen LogP contribution is -2.32. The average molecular weight is 297 g/mol. The zero-order valence-electron chi connectivity index (χ0n) is 13.4. The Morgan fingerprint density at radius 1 is 1.05 bits per heavy atom. The van der Waals surface area contributed by atoms with E-state index in [1.807, 2.05) is 62.4 Å². The van der Waals surface area contributed by atoms with Gasteiger partial charge < -0.3 is 10.1 Å². The molecule has 3 heteroatoms. The molecule has 0 radical (unpaired) electrons. The summed E-state index contributed by atoms with van der Waals surface area (Å²) in [4.78, 5) is 12.3. The first-order valence-corrected chi connectivity index (χ1v) is 7.75. The first-order chi connectivity index (χ1) is 10.6. The molecule has 116 valence electrons. The van der Waals surface area contributed by atoms with Gasteiger partial charge in [0, 0.05) is 5.69 Å². The molecule has 22 heavy (non-hydrogen) atoms. The summed E-state index contributed by atoms with van der Waals surface area (Å²) >= 11 is 0. The second-order valence-electron chi connectivity index (χ2n) is 5.37. The van der Waals surface area contributed by atoms with E-state index in [2.05, 4.69) is 12.2 Å². The Hall–Kier alpha value is -2.29. The molecule has 0 saturated heterocycles. The quantitative estimate of drug-likeness (QED) is 0.860. The maximum Gasteiger partial charge on any atom is 0.265 e. The number of ether oxygens (including phenoxy) is 1. The second kappa shape index (κ2) is 7.64. The number of carbonyl (C=O) groups excluding carboxylic acids is 1. The highest BCUT2D eigenvalue weighted by Crippen LogP contribution is 2.16. The summed E-state index contributed by atoms with van der Waals surface area (Å²) in [7, 11) is 0. The van der Waals surface area contributed by atoms with Crippen LogP contribution < -0.4 is 10.1 Å². The molecule has 3 nitrogen and oxygen atoms in total. The van der Waals surface area contributed by atoms with Crippen LogP contribution in [-0.4, -0.2) is 12.0 Å². The molecule has 2 aromatic carbocycles. The van der Waals surface area contributed by atoms with E-state index in [4.69, 9.17) is 4.74 Å². The summed E-state index contributed by atoms with van der Waals surface area (Å²) in [5, 5.41) is 2.91. The molecule has 0 fully saturated rings. The van der Waals surface area contributed by atoms with E-state index >= 15 is 0 Å². The van der Waals surface area contributed by atoms with E-state index in [0.29, 0.717) is 12.2 Å². The third-order valence-electron chi connectivity index (χ3n) is 3.59. The first kappa shape index (κ1) is 16.1. The van der Waals surface area contributed by atoms with Gasteiger partial charge in [-0.05, 0) is 49.6 Å². The largest absolute Gasteiger partial charge is 0.481 e. The van der Waals surface area contributed by atoms with Gasteiger partial charge in [-0.1, -0.05) is 43.7 Å². The molecule has 1 atom stereocenters. The normalized spacial score (nSPS) is 11.8. The predicted octanol–water partition coefficient (Wildman–Crippen LogP) is 4.35. The van der Waals surface area contributed by atoms with Gasteiger partial charge in [0.25, 0.3) is 5.91 Å². The number of carbonyl (C=O) groups is 1. The third-order valence-corrected chi connectivity index (χ3v) is 3.59. The minimum absolute atomic E-state index is 0.118. The van der Waals surface area contributed by atoms with Crippen molar-refractivity contribution in [1.82, 2.24) is 0 Å². The average Bonchev–Trinajstić information content (AvgIpc) is 2.55. The lowest BCUT2D eigenvalue weighted by molar-refractivity contribution is -0.122. The van der Waals surface area contributed by atoms with E-state index in [-0.39, 0.29) is 5.91 Å². The van der Waals surface area contributed by atoms with Crippen molar-refractivity contribution in [2.75, 3.05) is 5.32 Å². The molecule has 0 spiro atoms. The van der Waals surface area contributed by atoms with Gasteiger partial charge in [-0.3, -0.25) is 4.79 Å². The molecule has 0 aliphatic rings. The molecule has 0 aliphatic heterocycles. The van der Waals surface area contributed by atoms with Crippen molar-refractivity contribution in [2.24, 2.45) is 0 Å². The lowest BCUT2D eigenvalue weighted by Gasteiger charge is -2.17. The Bertz CT molecular complexity index is 602. The SMILES string of the molecule is CCc1ccc(NC(=O)C(CC)Oc2ccc(C)cc2)cc1. The summed E-state index contributed by atoms with van der Waals surface area (Å²) in [6.07, 6.45) is 1.11. The number of amides is 1. The summed E-state index contributed by atoms with van der Waals surface area (Å²) in [6, 6.07) is 15.6. The molecule has 0 aliphatic carbocycles. The molecule has 0 saturated carbocycles. The summed E-state index contributed by atoms with van der Waals surface area (Å²) in [6.45, 7) is 6.07. The van der Waals surface area contributed by atoms with Gasteiger partial charge in [-0.25, -0.2) is 0 Å². The number of aryl methyl sites for hydroxylation is 2. The van der Waals surface area contributed by atoms with Gasteiger partial charge in [0.1, 0.15) is 5.75 Å². The summed E-state index contributed by atoms with van der Waals surface area (Å²) in [5.41, 5.74) is 3.22. The van der Waals surface area contributed by atoms with Crippen LogP contribution in [0.4, 0.5) is 5.69 Å². The molecule has 0 heterocycles. The van der Waals surface area contributed by atoms with Crippen molar-refractivity contribution < 1.29 is 9.53 Å². The summed E-state index contributed by atoms with van der Waals surface area (Å²) in [5.74, 6) is 0.598. The van der Waals surface area contributed by atoms with Crippen LogP contribution >= 0.6 is 0 Å². The molecule has 0 bridgehead atoms. The second-order valence-corrected chi connectivity index (χ2v) is 5.37. The monoisotopic (exact) mass is 297 g/mol. The Balaban J connectivity index is 1.99. The Kier molecular flexibility index (Phi) is 5.59. The highest BCUT2D eigenvalue weighted by Gasteiger charge is 2.18. The standard InChI is InChI=1S/C19H23NO2/c1-4-15-8-10-16(11-9-15)20-19(21)18(5-2)22-17-12-6-14(3)7-13-17/h6-13,18H,4-5H2,1-3H3,(H,20,21). The van der Waals surface area contributed by atoms with Crippen LogP contribution in [0.1, 0.15) is 31.4 Å². The van der Waals surface area contributed by atoms with Gasteiger partial charge in [0.05, 0.1) is 0 Å². The minimum Gasteiger partial charge on any atom is -0.481 e. The highest BCUT2D eigenvalue weighted by atomic mass is 16.5. The van der Waals surface area contributed by atoms with Crippen molar-refractivity contribution in [3.8, 4) is 5.75 Å². The number of anilines is 1. The topological polar surface area (TPSA) is 38.3 Å². The minimum atomic E-state index is -0.492. The zero-order valence-corrected chi connectivity index (χ0v) is 13.4. The van der Waals surface area contributed by atoms with Crippen LogP contribution in [0.25, 0.3) is 0 Å². The van der Waals surface area contributed by atoms with Gasteiger partial charge in [-0.2, -0.15) is 0 Å². The highest BCUT2D eigenvalue weighted by molar-refractivity contribution is 5.94. The fourth-order valence-electron chi connectivity index (χ4n) is 2.15. The molecule has 1 amide bonds. The Morgan fingerprint density at radius 3 is 2.23 bits per heavy atom.